The predicted molar refractivity (Wildman–Crippen MR) is 62.1 cm³/mol. The maximum absolute atomic E-state index is 13.8. The molecule has 0 aliphatic heterocycles. The van der Waals surface area contributed by atoms with E-state index in [2.05, 4.69) is 4.72 Å². The molecule has 1 unspecified atom stereocenters. The van der Waals surface area contributed by atoms with Crippen LogP contribution in [0, 0.1) is 0 Å². The van der Waals surface area contributed by atoms with Gasteiger partial charge in [0.2, 0.25) is 15.5 Å². The van der Waals surface area contributed by atoms with Crippen LogP contribution in [-0.2, 0) is 10.0 Å². The van der Waals surface area contributed by atoms with Crippen LogP contribution in [0.25, 0.3) is 0 Å². The standard InChI is InChI=1S/C11H16FNO2S/c1-11(2,3)13-16(14,15)10(12)9-7-5-4-6-8-9/h4-8,10,13H,1-3H3. The number of rotatable bonds is 3. The van der Waals surface area contributed by atoms with Gasteiger partial charge in [-0.15, -0.1) is 0 Å². The third kappa shape index (κ3) is 3.57. The second-order valence-electron chi connectivity index (χ2n) is 4.62. The average molecular weight is 245 g/mol. The van der Waals surface area contributed by atoms with Crippen LogP contribution >= 0.6 is 0 Å². The van der Waals surface area contributed by atoms with Crippen LogP contribution in [0.2, 0.25) is 0 Å². The quantitative estimate of drug-likeness (QED) is 0.888. The minimum Gasteiger partial charge on any atom is -0.223 e. The number of alkyl halides is 1. The lowest BCUT2D eigenvalue weighted by molar-refractivity contribution is 0.407. The number of benzene rings is 1. The Morgan fingerprint density at radius 1 is 1.19 bits per heavy atom. The summed E-state index contributed by atoms with van der Waals surface area (Å²) in [6.45, 7) is 5.01. The summed E-state index contributed by atoms with van der Waals surface area (Å²) in [4.78, 5) is 0. The molecule has 3 nitrogen and oxygen atoms in total. The Kier molecular flexibility index (Phi) is 3.70. The summed E-state index contributed by atoms with van der Waals surface area (Å²) in [5.41, 5.74) is -2.58. The van der Waals surface area contributed by atoms with Gasteiger partial charge in [0.1, 0.15) is 0 Å². The van der Waals surface area contributed by atoms with Crippen LogP contribution in [0.3, 0.4) is 0 Å². The number of halogens is 1. The first kappa shape index (κ1) is 13.1. The van der Waals surface area contributed by atoms with Crippen molar-refractivity contribution in [2.24, 2.45) is 0 Å². The Hall–Kier alpha value is -0.940. The van der Waals surface area contributed by atoms with Crippen LogP contribution in [0.1, 0.15) is 31.8 Å². The van der Waals surface area contributed by atoms with Gasteiger partial charge in [-0.1, -0.05) is 30.3 Å². The Bertz CT molecular complexity index is 437. The molecule has 1 aromatic rings. The van der Waals surface area contributed by atoms with Crippen LogP contribution in [-0.4, -0.2) is 14.0 Å². The lowest BCUT2D eigenvalue weighted by atomic mass is 10.1. The molecule has 0 aromatic heterocycles. The maximum Gasteiger partial charge on any atom is 0.248 e. The molecule has 0 saturated heterocycles. The van der Waals surface area contributed by atoms with E-state index in [0.717, 1.165) is 0 Å². The van der Waals surface area contributed by atoms with Gasteiger partial charge in [-0.3, -0.25) is 0 Å². The zero-order chi connectivity index (χ0) is 12.4. The topological polar surface area (TPSA) is 46.2 Å². The van der Waals surface area contributed by atoms with Crippen molar-refractivity contribution >= 4 is 10.0 Å². The van der Waals surface area contributed by atoms with Gasteiger partial charge in [0, 0.05) is 11.1 Å². The number of hydrogen-bond donors (Lipinski definition) is 1. The molecule has 0 amide bonds. The molecular formula is C11H16FNO2S. The summed E-state index contributed by atoms with van der Waals surface area (Å²) in [6, 6.07) is 7.82. The van der Waals surface area contributed by atoms with E-state index in [4.69, 9.17) is 0 Å². The molecule has 1 rings (SSSR count). The average Bonchev–Trinajstić information content (AvgIpc) is 2.14. The van der Waals surface area contributed by atoms with E-state index in [0.29, 0.717) is 0 Å². The lowest BCUT2D eigenvalue weighted by Gasteiger charge is -2.22. The van der Waals surface area contributed by atoms with Gasteiger partial charge in [0.25, 0.3) is 0 Å². The fraction of sp³-hybridized carbons (Fsp3) is 0.455. The third-order valence-corrected chi connectivity index (χ3v) is 3.50. The summed E-state index contributed by atoms with van der Waals surface area (Å²) >= 11 is 0. The van der Waals surface area contributed by atoms with Crippen LogP contribution < -0.4 is 4.72 Å². The zero-order valence-electron chi connectivity index (χ0n) is 9.57. The summed E-state index contributed by atoms with van der Waals surface area (Å²) in [5, 5.41) is 0. The molecule has 0 aliphatic carbocycles. The molecule has 1 atom stereocenters. The molecule has 0 spiro atoms. The van der Waals surface area contributed by atoms with Gasteiger partial charge in [-0.2, -0.15) is 0 Å². The van der Waals surface area contributed by atoms with Gasteiger partial charge in [-0.05, 0) is 20.8 Å². The Labute approximate surface area is 95.7 Å². The summed E-state index contributed by atoms with van der Waals surface area (Å²) in [5.74, 6) is 0. The van der Waals surface area contributed by atoms with Crippen molar-refractivity contribution in [2.75, 3.05) is 0 Å². The number of nitrogens with one attached hydrogen (secondary N) is 1. The fourth-order valence-corrected chi connectivity index (χ4v) is 2.73. The molecule has 5 heteroatoms. The van der Waals surface area contributed by atoms with Gasteiger partial charge >= 0.3 is 0 Å². The normalized spacial score (nSPS) is 14.8. The van der Waals surface area contributed by atoms with Crippen molar-refractivity contribution in [1.82, 2.24) is 4.72 Å². The second-order valence-corrected chi connectivity index (χ2v) is 6.33. The number of hydrogen-bond acceptors (Lipinski definition) is 2. The molecule has 0 heterocycles. The smallest absolute Gasteiger partial charge is 0.223 e. The molecule has 0 aliphatic rings. The lowest BCUT2D eigenvalue weighted by Crippen LogP contribution is -2.42. The van der Waals surface area contributed by atoms with Crippen molar-refractivity contribution in [3.8, 4) is 0 Å². The highest BCUT2D eigenvalue weighted by Crippen LogP contribution is 2.23. The zero-order valence-corrected chi connectivity index (χ0v) is 10.4. The molecule has 0 radical (unpaired) electrons. The highest BCUT2D eigenvalue weighted by molar-refractivity contribution is 7.89. The molecule has 0 fully saturated rings. The fourth-order valence-electron chi connectivity index (χ4n) is 1.26. The molecule has 0 bridgehead atoms. The molecule has 16 heavy (non-hydrogen) atoms. The highest BCUT2D eigenvalue weighted by Gasteiger charge is 2.30. The maximum atomic E-state index is 13.8. The van der Waals surface area contributed by atoms with E-state index in [9.17, 15) is 12.8 Å². The summed E-state index contributed by atoms with van der Waals surface area (Å²) < 4.78 is 39.4. The van der Waals surface area contributed by atoms with Gasteiger partial charge in [0.05, 0.1) is 0 Å². The molecule has 1 aromatic carbocycles. The SMILES string of the molecule is CC(C)(C)NS(=O)(=O)C(F)c1ccccc1. The molecule has 90 valence electrons. The second kappa shape index (κ2) is 4.51. The minimum atomic E-state index is -3.99. The first-order valence-electron chi connectivity index (χ1n) is 4.94. The summed E-state index contributed by atoms with van der Waals surface area (Å²) in [7, 11) is -3.99. The van der Waals surface area contributed by atoms with E-state index >= 15 is 0 Å². The largest absolute Gasteiger partial charge is 0.248 e. The van der Waals surface area contributed by atoms with E-state index < -0.39 is 21.1 Å². The predicted octanol–water partition coefficient (Wildman–Crippen LogP) is 2.37. The van der Waals surface area contributed by atoms with Gasteiger partial charge in [-0.25, -0.2) is 17.5 Å². The van der Waals surface area contributed by atoms with Gasteiger partial charge in [0.15, 0.2) is 0 Å². The Balaban J connectivity index is 2.94. The van der Waals surface area contributed by atoms with Gasteiger partial charge < -0.3 is 0 Å². The first-order valence-corrected chi connectivity index (χ1v) is 6.49. The van der Waals surface area contributed by atoms with E-state index in [1.54, 1.807) is 39.0 Å². The highest BCUT2D eigenvalue weighted by atomic mass is 32.2. The van der Waals surface area contributed by atoms with Crippen LogP contribution in [0.5, 0.6) is 0 Å². The summed E-state index contributed by atoms with van der Waals surface area (Å²) in [6.07, 6.45) is 0. The van der Waals surface area contributed by atoms with Crippen molar-refractivity contribution < 1.29 is 12.8 Å². The molecular weight excluding hydrogens is 229 g/mol. The molecule has 0 saturated carbocycles. The molecule has 1 N–H and O–H groups in total. The van der Waals surface area contributed by atoms with Crippen molar-refractivity contribution in [1.29, 1.82) is 0 Å². The van der Waals surface area contributed by atoms with E-state index in [-0.39, 0.29) is 5.56 Å². The minimum absolute atomic E-state index is 0.138. The third-order valence-electron chi connectivity index (χ3n) is 1.78. The van der Waals surface area contributed by atoms with Crippen LogP contribution in [0.15, 0.2) is 30.3 Å². The number of sulfonamides is 1. The van der Waals surface area contributed by atoms with Crippen molar-refractivity contribution in [3.63, 3.8) is 0 Å². The van der Waals surface area contributed by atoms with E-state index in [1.807, 2.05) is 0 Å². The van der Waals surface area contributed by atoms with Crippen LogP contribution in [0.4, 0.5) is 4.39 Å². The van der Waals surface area contributed by atoms with E-state index in [1.165, 1.54) is 12.1 Å². The van der Waals surface area contributed by atoms with Crippen molar-refractivity contribution in [3.05, 3.63) is 35.9 Å². The van der Waals surface area contributed by atoms with Crippen molar-refractivity contribution in [2.45, 2.75) is 31.8 Å². The monoisotopic (exact) mass is 245 g/mol. The Morgan fingerprint density at radius 3 is 2.12 bits per heavy atom. The first-order chi connectivity index (χ1) is 7.22. The Morgan fingerprint density at radius 2 is 1.69 bits per heavy atom.